The molecule has 0 spiro atoms. The van der Waals surface area contributed by atoms with Crippen LogP contribution in [0.25, 0.3) is 10.9 Å². The van der Waals surface area contributed by atoms with Gasteiger partial charge in [0.25, 0.3) is 11.5 Å². The smallest absolute Gasteiger partial charge is 0.259 e. The molecular formula is C17H17N3O4S. The summed E-state index contributed by atoms with van der Waals surface area (Å²) in [6, 6.07) is 8.47. The maximum atomic E-state index is 12.2. The zero-order valence-electron chi connectivity index (χ0n) is 13.3. The van der Waals surface area contributed by atoms with Crippen molar-refractivity contribution < 1.29 is 13.9 Å². The van der Waals surface area contributed by atoms with E-state index in [0.29, 0.717) is 42.6 Å². The minimum Gasteiger partial charge on any atom is -0.467 e. The van der Waals surface area contributed by atoms with E-state index in [0.717, 1.165) is 5.76 Å². The average molecular weight is 359 g/mol. The summed E-state index contributed by atoms with van der Waals surface area (Å²) in [6.07, 6.45) is 2.28. The first-order valence-corrected chi connectivity index (χ1v) is 8.19. The van der Waals surface area contributed by atoms with E-state index in [4.69, 9.17) is 21.4 Å². The molecule has 3 rings (SSSR count). The standard InChI is InChI=1S/C17H17N3O4S/c21-15(18-6-2-7-23-10-12-3-1-8-24-12)11-4-5-13-14(9-11)19-17(25)20-16(13)22/h1,3-5,8-9H,2,6-7,10H2,(H,18,21)(H2,19,20,22,25). The van der Waals surface area contributed by atoms with Crippen molar-refractivity contribution in [2.75, 3.05) is 13.2 Å². The molecule has 3 N–H and O–H groups in total. The summed E-state index contributed by atoms with van der Waals surface area (Å²) >= 11 is 4.94. The Hall–Kier alpha value is -2.71. The monoisotopic (exact) mass is 359 g/mol. The Kier molecular flexibility index (Phi) is 5.42. The lowest BCUT2D eigenvalue weighted by atomic mass is 10.1. The topological polar surface area (TPSA) is 100 Å². The Labute approximate surface area is 148 Å². The molecule has 0 saturated heterocycles. The van der Waals surface area contributed by atoms with Crippen LogP contribution in [0.4, 0.5) is 0 Å². The number of H-pyrrole nitrogens is 2. The fourth-order valence-electron chi connectivity index (χ4n) is 2.36. The molecule has 1 aromatic carbocycles. The van der Waals surface area contributed by atoms with E-state index in [1.54, 1.807) is 24.5 Å². The quantitative estimate of drug-likeness (QED) is 0.445. The largest absolute Gasteiger partial charge is 0.467 e. The molecule has 25 heavy (non-hydrogen) atoms. The summed E-state index contributed by atoms with van der Waals surface area (Å²) in [5.74, 6) is 0.556. The highest BCUT2D eigenvalue weighted by Gasteiger charge is 2.07. The number of carbonyl (C=O) groups is 1. The van der Waals surface area contributed by atoms with Gasteiger partial charge in [-0.3, -0.25) is 14.6 Å². The van der Waals surface area contributed by atoms with Crippen LogP contribution in [0.2, 0.25) is 0 Å². The van der Waals surface area contributed by atoms with Gasteiger partial charge in [-0.1, -0.05) is 0 Å². The number of hydrogen-bond acceptors (Lipinski definition) is 5. The Morgan fingerprint density at radius 1 is 1.28 bits per heavy atom. The molecule has 0 radical (unpaired) electrons. The number of rotatable bonds is 7. The molecule has 0 fully saturated rings. The molecule has 0 aliphatic rings. The van der Waals surface area contributed by atoms with Crippen molar-refractivity contribution in [2.45, 2.75) is 13.0 Å². The first kappa shape index (κ1) is 17.1. The van der Waals surface area contributed by atoms with Crippen LogP contribution in [0.5, 0.6) is 0 Å². The minimum absolute atomic E-state index is 0.215. The summed E-state index contributed by atoms with van der Waals surface area (Å²) in [5.41, 5.74) is 0.711. The lowest BCUT2D eigenvalue weighted by Crippen LogP contribution is -2.25. The Morgan fingerprint density at radius 3 is 2.96 bits per heavy atom. The highest BCUT2D eigenvalue weighted by atomic mass is 32.1. The van der Waals surface area contributed by atoms with Gasteiger partial charge in [0.15, 0.2) is 4.77 Å². The van der Waals surface area contributed by atoms with Gasteiger partial charge in [-0.05, 0) is 49.0 Å². The van der Waals surface area contributed by atoms with Gasteiger partial charge in [0.05, 0.1) is 17.2 Å². The average Bonchev–Trinajstić information content (AvgIpc) is 3.10. The number of fused-ring (bicyclic) bond motifs is 1. The van der Waals surface area contributed by atoms with Crippen molar-refractivity contribution >= 4 is 29.0 Å². The number of amides is 1. The van der Waals surface area contributed by atoms with Gasteiger partial charge < -0.3 is 19.5 Å². The van der Waals surface area contributed by atoms with Gasteiger partial charge in [0.2, 0.25) is 0 Å². The number of nitrogens with one attached hydrogen (secondary N) is 3. The van der Waals surface area contributed by atoms with E-state index in [2.05, 4.69) is 15.3 Å². The van der Waals surface area contributed by atoms with E-state index >= 15 is 0 Å². The SMILES string of the molecule is O=C(NCCCOCc1ccco1)c1ccc2c(=O)[nH]c(=S)[nH]c2c1. The summed E-state index contributed by atoms with van der Waals surface area (Å²) in [5, 5.41) is 3.27. The molecule has 0 bridgehead atoms. The van der Waals surface area contributed by atoms with E-state index in [-0.39, 0.29) is 16.2 Å². The van der Waals surface area contributed by atoms with E-state index in [1.807, 2.05) is 12.1 Å². The summed E-state index contributed by atoms with van der Waals surface area (Å²) in [4.78, 5) is 29.3. The van der Waals surface area contributed by atoms with Crippen LogP contribution in [0.1, 0.15) is 22.5 Å². The molecule has 0 aliphatic carbocycles. The van der Waals surface area contributed by atoms with Gasteiger partial charge in [-0.25, -0.2) is 0 Å². The van der Waals surface area contributed by atoms with Crippen molar-refractivity contribution in [1.29, 1.82) is 0 Å². The summed E-state index contributed by atoms with van der Waals surface area (Å²) < 4.78 is 10.8. The van der Waals surface area contributed by atoms with E-state index < -0.39 is 0 Å². The first-order chi connectivity index (χ1) is 12.1. The van der Waals surface area contributed by atoms with Crippen molar-refractivity contribution in [1.82, 2.24) is 15.3 Å². The predicted octanol–water partition coefficient (Wildman–Crippen LogP) is 2.52. The van der Waals surface area contributed by atoms with Crippen LogP contribution < -0.4 is 10.9 Å². The molecule has 3 aromatic rings. The second kappa shape index (κ2) is 7.91. The highest BCUT2D eigenvalue weighted by Crippen LogP contribution is 2.10. The third-order valence-electron chi connectivity index (χ3n) is 3.58. The van der Waals surface area contributed by atoms with Crippen LogP contribution in [-0.4, -0.2) is 29.0 Å². The fourth-order valence-corrected chi connectivity index (χ4v) is 2.56. The second-order valence-corrected chi connectivity index (χ2v) is 5.82. The van der Waals surface area contributed by atoms with E-state index in [9.17, 15) is 9.59 Å². The number of hydrogen-bond donors (Lipinski definition) is 3. The normalized spacial score (nSPS) is 10.9. The molecule has 130 valence electrons. The lowest BCUT2D eigenvalue weighted by Gasteiger charge is -2.06. The molecule has 2 heterocycles. The summed E-state index contributed by atoms with van der Waals surface area (Å²) in [6.45, 7) is 1.42. The first-order valence-electron chi connectivity index (χ1n) is 7.78. The number of benzene rings is 1. The fraction of sp³-hybridized carbons (Fsp3) is 0.235. The summed E-state index contributed by atoms with van der Waals surface area (Å²) in [7, 11) is 0. The van der Waals surface area contributed by atoms with Gasteiger partial charge >= 0.3 is 0 Å². The Balaban J connectivity index is 1.50. The molecule has 7 nitrogen and oxygen atoms in total. The van der Waals surface area contributed by atoms with Crippen LogP contribution in [0.3, 0.4) is 0 Å². The van der Waals surface area contributed by atoms with Crippen LogP contribution in [-0.2, 0) is 11.3 Å². The molecule has 0 saturated carbocycles. The van der Waals surface area contributed by atoms with Crippen molar-refractivity contribution in [3.05, 3.63) is 63.0 Å². The van der Waals surface area contributed by atoms with Gasteiger partial charge in [-0.2, -0.15) is 0 Å². The van der Waals surface area contributed by atoms with Crippen molar-refractivity contribution in [2.24, 2.45) is 0 Å². The maximum absolute atomic E-state index is 12.2. The number of aromatic amines is 2. The number of aromatic nitrogens is 2. The Morgan fingerprint density at radius 2 is 2.16 bits per heavy atom. The van der Waals surface area contributed by atoms with Gasteiger partial charge in [-0.15, -0.1) is 0 Å². The molecule has 1 amide bonds. The molecule has 0 atom stereocenters. The maximum Gasteiger partial charge on any atom is 0.259 e. The molecular weight excluding hydrogens is 342 g/mol. The van der Waals surface area contributed by atoms with Crippen LogP contribution in [0, 0.1) is 4.77 Å². The molecule has 0 unspecified atom stereocenters. The third-order valence-corrected chi connectivity index (χ3v) is 3.78. The number of carbonyl (C=O) groups excluding carboxylic acids is 1. The Bertz CT molecular complexity index is 975. The van der Waals surface area contributed by atoms with Crippen LogP contribution >= 0.6 is 12.2 Å². The zero-order valence-corrected chi connectivity index (χ0v) is 14.2. The number of furan rings is 1. The van der Waals surface area contributed by atoms with Crippen molar-refractivity contribution in [3.63, 3.8) is 0 Å². The van der Waals surface area contributed by atoms with Gasteiger partial charge in [0, 0.05) is 18.7 Å². The minimum atomic E-state index is -0.278. The van der Waals surface area contributed by atoms with Crippen LogP contribution in [0.15, 0.2) is 45.8 Å². The molecule has 8 heteroatoms. The predicted molar refractivity (Wildman–Crippen MR) is 95.1 cm³/mol. The van der Waals surface area contributed by atoms with E-state index in [1.165, 1.54) is 0 Å². The third kappa shape index (κ3) is 4.43. The molecule has 0 aliphatic heterocycles. The van der Waals surface area contributed by atoms with Crippen molar-refractivity contribution in [3.8, 4) is 0 Å². The highest BCUT2D eigenvalue weighted by molar-refractivity contribution is 7.71. The lowest BCUT2D eigenvalue weighted by molar-refractivity contribution is 0.0917. The van der Waals surface area contributed by atoms with Gasteiger partial charge in [0.1, 0.15) is 12.4 Å². The molecule has 2 aromatic heterocycles. The second-order valence-electron chi connectivity index (χ2n) is 5.41. The zero-order chi connectivity index (χ0) is 17.6. The number of ether oxygens (including phenoxy) is 1.